The largest absolute Gasteiger partial charge is 0.417 e. The molecule has 7 heteroatoms. The van der Waals surface area contributed by atoms with Gasteiger partial charge in [0.15, 0.2) is 0 Å². The number of carbonyl (C=O) groups is 2. The van der Waals surface area contributed by atoms with Crippen molar-refractivity contribution in [2.24, 2.45) is 0 Å². The molecule has 0 aromatic heterocycles. The van der Waals surface area contributed by atoms with Gasteiger partial charge in [0.2, 0.25) is 5.91 Å². The van der Waals surface area contributed by atoms with Crippen LogP contribution >= 0.6 is 0 Å². The van der Waals surface area contributed by atoms with Crippen LogP contribution in [0, 0.1) is 0 Å². The van der Waals surface area contributed by atoms with E-state index in [1.165, 1.54) is 19.1 Å². The average Bonchev–Trinajstić information content (AvgIpc) is 2.59. The predicted octanol–water partition coefficient (Wildman–Crippen LogP) is 3.14. The van der Waals surface area contributed by atoms with Crippen LogP contribution in [0.2, 0.25) is 0 Å². The lowest BCUT2D eigenvalue weighted by Crippen LogP contribution is -2.44. The summed E-state index contributed by atoms with van der Waals surface area (Å²) < 4.78 is 38.9. The molecule has 0 aliphatic carbocycles. The van der Waals surface area contributed by atoms with Crippen molar-refractivity contribution in [3.63, 3.8) is 0 Å². The number of amides is 2. The highest BCUT2D eigenvalue weighted by Gasteiger charge is 2.35. The summed E-state index contributed by atoms with van der Waals surface area (Å²) in [6.45, 7) is 1.67. The topological polar surface area (TPSA) is 58.2 Å². The lowest BCUT2D eigenvalue weighted by Gasteiger charge is -2.16. The predicted molar refractivity (Wildman–Crippen MR) is 86.7 cm³/mol. The Morgan fingerprint density at radius 2 is 1.60 bits per heavy atom. The van der Waals surface area contributed by atoms with Crippen molar-refractivity contribution >= 4 is 11.8 Å². The van der Waals surface area contributed by atoms with E-state index in [4.69, 9.17) is 0 Å². The standard InChI is InChI=1S/C18H17F3N2O2/c1-12(16(24)22-11-13-7-3-2-4-8-13)23-17(25)14-9-5-6-10-15(14)18(19,20)21/h2-10,12H,11H2,1H3,(H,22,24)(H,23,25)/t12-/m1/s1. The van der Waals surface area contributed by atoms with Crippen molar-refractivity contribution in [3.05, 3.63) is 71.3 Å². The van der Waals surface area contributed by atoms with Crippen molar-refractivity contribution in [1.82, 2.24) is 10.6 Å². The lowest BCUT2D eigenvalue weighted by molar-refractivity contribution is -0.137. The van der Waals surface area contributed by atoms with Gasteiger partial charge in [-0.25, -0.2) is 0 Å². The number of halogens is 3. The fourth-order valence-electron chi connectivity index (χ4n) is 2.21. The molecular weight excluding hydrogens is 333 g/mol. The van der Waals surface area contributed by atoms with Gasteiger partial charge in [-0.1, -0.05) is 42.5 Å². The third-order valence-corrected chi connectivity index (χ3v) is 3.53. The van der Waals surface area contributed by atoms with E-state index in [0.717, 1.165) is 17.7 Å². The van der Waals surface area contributed by atoms with Crippen LogP contribution in [0.5, 0.6) is 0 Å². The van der Waals surface area contributed by atoms with Crippen LogP contribution in [0.25, 0.3) is 0 Å². The number of carbonyl (C=O) groups excluding carboxylic acids is 2. The van der Waals surface area contributed by atoms with Crippen molar-refractivity contribution in [1.29, 1.82) is 0 Å². The maximum Gasteiger partial charge on any atom is 0.417 e. The van der Waals surface area contributed by atoms with Gasteiger partial charge >= 0.3 is 6.18 Å². The van der Waals surface area contributed by atoms with Gasteiger partial charge in [-0.15, -0.1) is 0 Å². The molecule has 25 heavy (non-hydrogen) atoms. The monoisotopic (exact) mass is 350 g/mol. The van der Waals surface area contributed by atoms with Crippen LogP contribution in [-0.4, -0.2) is 17.9 Å². The third-order valence-electron chi connectivity index (χ3n) is 3.53. The molecule has 2 N–H and O–H groups in total. The normalized spacial score (nSPS) is 12.3. The summed E-state index contributed by atoms with van der Waals surface area (Å²) in [5.41, 5.74) is -0.682. The molecule has 0 aliphatic heterocycles. The number of rotatable bonds is 5. The van der Waals surface area contributed by atoms with E-state index >= 15 is 0 Å². The van der Waals surface area contributed by atoms with E-state index < -0.39 is 35.2 Å². The Kier molecular flexibility index (Phi) is 5.80. The second-order valence-corrected chi connectivity index (χ2v) is 5.44. The molecule has 0 unspecified atom stereocenters. The number of hydrogen-bond acceptors (Lipinski definition) is 2. The smallest absolute Gasteiger partial charge is 0.350 e. The fraction of sp³-hybridized carbons (Fsp3) is 0.222. The first-order chi connectivity index (χ1) is 11.8. The number of nitrogens with one attached hydrogen (secondary N) is 2. The number of alkyl halides is 3. The zero-order chi connectivity index (χ0) is 18.4. The SMILES string of the molecule is C[C@@H](NC(=O)c1ccccc1C(F)(F)F)C(=O)NCc1ccccc1. The minimum Gasteiger partial charge on any atom is -0.350 e. The Morgan fingerprint density at radius 3 is 2.24 bits per heavy atom. The molecule has 0 fully saturated rings. The van der Waals surface area contributed by atoms with E-state index in [1.807, 2.05) is 30.3 Å². The maximum atomic E-state index is 13.0. The Hall–Kier alpha value is -2.83. The summed E-state index contributed by atoms with van der Waals surface area (Å²) in [7, 11) is 0. The molecule has 2 rings (SSSR count). The minimum absolute atomic E-state index is 0.263. The molecular formula is C18H17F3N2O2. The molecule has 0 saturated carbocycles. The Bertz CT molecular complexity index is 745. The third kappa shape index (κ3) is 5.07. The molecule has 2 amide bonds. The summed E-state index contributed by atoms with van der Waals surface area (Å²) in [6.07, 6.45) is -4.65. The van der Waals surface area contributed by atoms with Crippen LogP contribution in [-0.2, 0) is 17.5 Å². The van der Waals surface area contributed by atoms with Crippen molar-refractivity contribution in [2.45, 2.75) is 25.7 Å². The first kappa shape index (κ1) is 18.5. The summed E-state index contributed by atoms with van der Waals surface area (Å²) in [4.78, 5) is 24.1. The average molecular weight is 350 g/mol. The molecule has 0 radical (unpaired) electrons. The highest BCUT2D eigenvalue weighted by Crippen LogP contribution is 2.31. The van der Waals surface area contributed by atoms with Crippen LogP contribution in [0.15, 0.2) is 54.6 Å². The van der Waals surface area contributed by atoms with E-state index in [9.17, 15) is 22.8 Å². The van der Waals surface area contributed by atoms with E-state index in [2.05, 4.69) is 10.6 Å². The Labute approximate surface area is 143 Å². The van der Waals surface area contributed by atoms with Gasteiger partial charge in [-0.2, -0.15) is 13.2 Å². The molecule has 2 aromatic carbocycles. The first-order valence-electron chi connectivity index (χ1n) is 7.58. The maximum absolute atomic E-state index is 13.0. The molecule has 1 atom stereocenters. The second kappa shape index (κ2) is 7.83. The van der Waals surface area contributed by atoms with Crippen LogP contribution in [0.4, 0.5) is 13.2 Å². The molecule has 0 aliphatic rings. The highest BCUT2D eigenvalue weighted by atomic mass is 19.4. The van der Waals surface area contributed by atoms with Crippen LogP contribution in [0.1, 0.15) is 28.4 Å². The van der Waals surface area contributed by atoms with Gasteiger partial charge in [0.25, 0.3) is 5.91 Å². The van der Waals surface area contributed by atoms with Gasteiger partial charge in [0.05, 0.1) is 11.1 Å². The van der Waals surface area contributed by atoms with Gasteiger partial charge < -0.3 is 10.6 Å². The van der Waals surface area contributed by atoms with Crippen molar-refractivity contribution < 1.29 is 22.8 Å². The zero-order valence-corrected chi connectivity index (χ0v) is 13.4. The van der Waals surface area contributed by atoms with Crippen LogP contribution < -0.4 is 10.6 Å². The summed E-state index contributed by atoms with van der Waals surface area (Å²) in [5.74, 6) is -1.43. The highest BCUT2D eigenvalue weighted by molar-refractivity contribution is 5.98. The summed E-state index contributed by atoms with van der Waals surface area (Å²) in [5, 5.41) is 4.92. The van der Waals surface area contributed by atoms with Gasteiger partial charge in [-0.05, 0) is 24.6 Å². The van der Waals surface area contributed by atoms with Gasteiger partial charge in [0.1, 0.15) is 6.04 Å². The van der Waals surface area contributed by atoms with E-state index in [0.29, 0.717) is 0 Å². The Morgan fingerprint density at radius 1 is 1.00 bits per heavy atom. The van der Waals surface area contributed by atoms with Gasteiger partial charge in [0, 0.05) is 6.54 Å². The van der Waals surface area contributed by atoms with Crippen LogP contribution in [0.3, 0.4) is 0 Å². The molecule has 0 spiro atoms. The van der Waals surface area contributed by atoms with E-state index in [-0.39, 0.29) is 6.54 Å². The quantitative estimate of drug-likeness (QED) is 0.870. The molecule has 2 aromatic rings. The van der Waals surface area contributed by atoms with Crippen molar-refractivity contribution in [2.75, 3.05) is 0 Å². The number of benzene rings is 2. The lowest BCUT2D eigenvalue weighted by atomic mass is 10.1. The molecule has 0 bridgehead atoms. The molecule has 132 valence electrons. The Balaban J connectivity index is 1.99. The first-order valence-corrected chi connectivity index (χ1v) is 7.58. The molecule has 0 heterocycles. The molecule has 0 saturated heterocycles. The minimum atomic E-state index is -4.65. The number of hydrogen-bond donors (Lipinski definition) is 2. The summed E-state index contributed by atoms with van der Waals surface area (Å²) in [6, 6.07) is 12.6. The van der Waals surface area contributed by atoms with Gasteiger partial charge in [-0.3, -0.25) is 9.59 Å². The van der Waals surface area contributed by atoms with E-state index in [1.54, 1.807) is 0 Å². The molecule has 4 nitrogen and oxygen atoms in total. The fourth-order valence-corrected chi connectivity index (χ4v) is 2.21. The van der Waals surface area contributed by atoms with Crippen molar-refractivity contribution in [3.8, 4) is 0 Å². The zero-order valence-electron chi connectivity index (χ0n) is 13.4. The summed E-state index contributed by atoms with van der Waals surface area (Å²) >= 11 is 0. The second-order valence-electron chi connectivity index (χ2n) is 5.44.